The van der Waals surface area contributed by atoms with E-state index in [0.717, 1.165) is 10.5 Å². The Bertz CT molecular complexity index is 456. The van der Waals surface area contributed by atoms with Gasteiger partial charge in [-0.05, 0) is 17.7 Å². The van der Waals surface area contributed by atoms with Crippen LogP contribution in [-0.2, 0) is 14.3 Å². The van der Waals surface area contributed by atoms with Crippen LogP contribution in [0.1, 0.15) is 12.5 Å². The lowest BCUT2D eigenvalue weighted by Crippen LogP contribution is -2.42. The normalized spacial score (nSPS) is 11.5. The molecule has 0 aliphatic rings. The topological polar surface area (TPSA) is 55.4 Å². The Morgan fingerprint density at radius 1 is 1.42 bits per heavy atom. The number of hydrogen-bond acceptors (Lipinski definition) is 4. The Morgan fingerprint density at radius 2 is 2.05 bits per heavy atom. The number of carbonyl (C=O) groups excluding carboxylic acids is 2. The van der Waals surface area contributed by atoms with E-state index in [9.17, 15) is 9.59 Å². The minimum atomic E-state index is -0.633. The number of methoxy groups -OCH3 is 1. The van der Waals surface area contributed by atoms with Crippen molar-refractivity contribution < 1.29 is 14.3 Å². The summed E-state index contributed by atoms with van der Waals surface area (Å²) >= 11 is 1.48. The lowest BCUT2D eigenvalue weighted by molar-refractivity contribution is -0.144. The van der Waals surface area contributed by atoms with Crippen molar-refractivity contribution in [3.05, 3.63) is 36.4 Å². The van der Waals surface area contributed by atoms with E-state index in [4.69, 9.17) is 0 Å². The van der Waals surface area contributed by atoms with Crippen LogP contribution >= 0.6 is 11.8 Å². The van der Waals surface area contributed by atoms with E-state index < -0.39 is 12.0 Å². The van der Waals surface area contributed by atoms with Crippen LogP contribution < -0.4 is 5.32 Å². The van der Waals surface area contributed by atoms with Gasteiger partial charge >= 0.3 is 5.97 Å². The van der Waals surface area contributed by atoms with Gasteiger partial charge in [-0.15, -0.1) is 11.8 Å². The fraction of sp³-hybridized carbons (Fsp3) is 0.286. The molecule has 1 rings (SSSR count). The highest BCUT2D eigenvalue weighted by Crippen LogP contribution is 2.20. The van der Waals surface area contributed by atoms with Crippen LogP contribution in [0.2, 0.25) is 0 Å². The third-order valence-electron chi connectivity index (χ3n) is 2.40. The molecule has 0 aromatic heterocycles. The number of amides is 1. The second kappa shape index (κ2) is 7.63. The van der Waals surface area contributed by atoms with Gasteiger partial charge in [-0.25, -0.2) is 4.79 Å². The lowest BCUT2D eigenvalue weighted by atomic mass is 10.2. The quantitative estimate of drug-likeness (QED) is 0.640. The lowest BCUT2D eigenvalue weighted by Gasteiger charge is -2.14. The molecule has 4 nitrogen and oxygen atoms in total. The van der Waals surface area contributed by atoms with Crippen LogP contribution in [-0.4, -0.2) is 30.8 Å². The molecular formula is C14H17NO3S. The van der Waals surface area contributed by atoms with Gasteiger partial charge in [0.15, 0.2) is 0 Å². The number of benzene rings is 1. The maximum absolute atomic E-state index is 11.5. The van der Waals surface area contributed by atoms with Crippen molar-refractivity contribution in [3.8, 4) is 0 Å². The zero-order valence-corrected chi connectivity index (χ0v) is 11.8. The zero-order valence-electron chi connectivity index (χ0n) is 11.0. The van der Waals surface area contributed by atoms with E-state index in [-0.39, 0.29) is 5.91 Å². The first-order chi connectivity index (χ1) is 9.06. The van der Waals surface area contributed by atoms with E-state index in [1.807, 2.05) is 24.3 Å². The molecule has 1 N–H and O–H groups in total. The molecule has 1 aromatic carbocycles. The molecule has 0 saturated carbocycles. The second-order valence-electron chi connectivity index (χ2n) is 3.86. The van der Waals surface area contributed by atoms with Crippen LogP contribution in [0.5, 0.6) is 0 Å². The van der Waals surface area contributed by atoms with Gasteiger partial charge in [0.1, 0.15) is 6.04 Å². The summed E-state index contributed by atoms with van der Waals surface area (Å²) in [6.45, 7) is 5.06. The Hall–Kier alpha value is -1.75. The molecule has 0 unspecified atom stereocenters. The highest BCUT2D eigenvalue weighted by molar-refractivity contribution is 7.99. The Morgan fingerprint density at radius 3 is 2.53 bits per heavy atom. The number of thioether (sulfide) groups is 1. The van der Waals surface area contributed by atoms with Crippen molar-refractivity contribution in [2.45, 2.75) is 17.9 Å². The Balaban J connectivity index is 2.61. The number of ether oxygens (including phenoxy) is 1. The number of hydrogen-bond donors (Lipinski definition) is 1. The Kier molecular flexibility index (Phi) is 6.15. The summed E-state index contributed by atoms with van der Waals surface area (Å²) in [5.74, 6) is -0.261. The van der Waals surface area contributed by atoms with Gasteiger partial charge in [0.2, 0.25) is 5.91 Å². The van der Waals surface area contributed by atoms with Crippen molar-refractivity contribution in [1.82, 2.24) is 5.32 Å². The van der Waals surface area contributed by atoms with Gasteiger partial charge in [-0.3, -0.25) is 4.79 Å². The maximum Gasteiger partial charge on any atom is 0.329 e. The predicted octanol–water partition coefficient (Wildman–Crippen LogP) is 2.10. The standard InChI is InChI=1S/C14H17NO3S/c1-4-11-5-7-12(8-6-11)19-9-13(14(17)18-3)15-10(2)16/h4-8,13H,1,9H2,2-3H3,(H,15,16)/t13-/m0/s1. The fourth-order valence-electron chi connectivity index (χ4n) is 1.44. The summed E-state index contributed by atoms with van der Waals surface area (Å²) in [4.78, 5) is 23.6. The SMILES string of the molecule is C=Cc1ccc(SC[C@H](NC(C)=O)C(=O)OC)cc1. The summed E-state index contributed by atoms with van der Waals surface area (Å²) < 4.78 is 4.66. The molecule has 0 fully saturated rings. The van der Waals surface area contributed by atoms with Gasteiger partial charge in [-0.2, -0.15) is 0 Å². The Labute approximate surface area is 117 Å². The smallest absolute Gasteiger partial charge is 0.329 e. The highest BCUT2D eigenvalue weighted by atomic mass is 32.2. The predicted molar refractivity (Wildman–Crippen MR) is 76.9 cm³/mol. The molecule has 5 heteroatoms. The third-order valence-corrected chi connectivity index (χ3v) is 3.50. The van der Waals surface area contributed by atoms with Crippen molar-refractivity contribution in [2.24, 2.45) is 0 Å². The molecule has 1 aromatic rings. The molecule has 102 valence electrons. The van der Waals surface area contributed by atoms with Gasteiger partial charge < -0.3 is 10.1 Å². The third kappa shape index (κ3) is 5.18. The number of rotatable bonds is 6. The van der Waals surface area contributed by atoms with E-state index >= 15 is 0 Å². The van der Waals surface area contributed by atoms with Gasteiger partial charge in [-0.1, -0.05) is 24.8 Å². The van der Waals surface area contributed by atoms with Gasteiger partial charge in [0.25, 0.3) is 0 Å². The average Bonchev–Trinajstić information content (AvgIpc) is 2.42. The summed E-state index contributed by atoms with van der Waals surface area (Å²) in [5.41, 5.74) is 1.04. The van der Waals surface area contributed by atoms with E-state index in [1.54, 1.807) is 6.08 Å². The summed E-state index contributed by atoms with van der Waals surface area (Å²) in [5, 5.41) is 2.57. The molecule has 19 heavy (non-hydrogen) atoms. The molecule has 0 aliphatic heterocycles. The number of esters is 1. The maximum atomic E-state index is 11.5. The summed E-state index contributed by atoms with van der Waals surface area (Å²) in [7, 11) is 1.31. The van der Waals surface area contributed by atoms with Crippen molar-refractivity contribution in [2.75, 3.05) is 12.9 Å². The molecule has 1 amide bonds. The van der Waals surface area contributed by atoms with Gasteiger partial charge in [0, 0.05) is 17.6 Å². The largest absolute Gasteiger partial charge is 0.467 e. The van der Waals surface area contributed by atoms with Crippen LogP contribution in [0.15, 0.2) is 35.7 Å². The van der Waals surface area contributed by atoms with Crippen LogP contribution in [0.3, 0.4) is 0 Å². The first-order valence-electron chi connectivity index (χ1n) is 5.77. The van der Waals surface area contributed by atoms with Crippen molar-refractivity contribution in [3.63, 3.8) is 0 Å². The molecule has 0 spiro atoms. The fourth-order valence-corrected chi connectivity index (χ4v) is 2.34. The molecule has 1 atom stereocenters. The van der Waals surface area contributed by atoms with E-state index in [0.29, 0.717) is 5.75 Å². The van der Waals surface area contributed by atoms with E-state index in [1.165, 1.54) is 25.8 Å². The van der Waals surface area contributed by atoms with Crippen LogP contribution in [0.4, 0.5) is 0 Å². The second-order valence-corrected chi connectivity index (χ2v) is 4.95. The molecule has 0 saturated heterocycles. The zero-order chi connectivity index (χ0) is 14.3. The average molecular weight is 279 g/mol. The minimum Gasteiger partial charge on any atom is -0.467 e. The van der Waals surface area contributed by atoms with E-state index in [2.05, 4.69) is 16.6 Å². The van der Waals surface area contributed by atoms with Crippen LogP contribution in [0.25, 0.3) is 6.08 Å². The van der Waals surface area contributed by atoms with Crippen LogP contribution in [0, 0.1) is 0 Å². The molecule has 0 radical (unpaired) electrons. The molecule has 0 bridgehead atoms. The van der Waals surface area contributed by atoms with Crippen molar-refractivity contribution >= 4 is 29.7 Å². The first kappa shape index (κ1) is 15.3. The monoisotopic (exact) mass is 279 g/mol. The first-order valence-corrected chi connectivity index (χ1v) is 6.75. The molecule has 0 heterocycles. The highest BCUT2D eigenvalue weighted by Gasteiger charge is 2.20. The van der Waals surface area contributed by atoms with Gasteiger partial charge in [0.05, 0.1) is 7.11 Å². The number of nitrogens with one attached hydrogen (secondary N) is 1. The van der Waals surface area contributed by atoms with Crippen molar-refractivity contribution in [1.29, 1.82) is 0 Å². The number of carbonyl (C=O) groups is 2. The molecule has 0 aliphatic carbocycles. The molecular weight excluding hydrogens is 262 g/mol. The minimum absolute atomic E-state index is 0.252. The summed E-state index contributed by atoms with van der Waals surface area (Å²) in [6.07, 6.45) is 1.77. The summed E-state index contributed by atoms with van der Waals surface area (Å²) in [6, 6.07) is 7.15.